The number of nitrogens with one attached hydrogen (secondary N) is 1. The van der Waals surface area contributed by atoms with Crippen LogP contribution in [0.1, 0.15) is 27.9 Å². The molecule has 2 aromatic heterocycles. The van der Waals surface area contributed by atoms with Crippen molar-refractivity contribution in [2.24, 2.45) is 0 Å². The number of amides is 1. The Morgan fingerprint density at radius 2 is 1.92 bits per heavy atom. The van der Waals surface area contributed by atoms with E-state index in [1.54, 1.807) is 20.3 Å². The van der Waals surface area contributed by atoms with E-state index in [0.29, 0.717) is 21.5 Å². The Kier molecular flexibility index (Phi) is 5.90. The SMILES string of the molecule is CCCc1sc(NC(=O)c2cccs2)nc1-c1cc(OC)cc(OC)c1. The molecule has 0 bridgehead atoms. The van der Waals surface area contributed by atoms with Crippen LogP contribution in [0.15, 0.2) is 35.7 Å². The minimum atomic E-state index is -0.133. The molecule has 0 atom stereocenters. The molecule has 0 spiro atoms. The molecule has 0 aliphatic heterocycles. The summed E-state index contributed by atoms with van der Waals surface area (Å²) >= 11 is 2.92. The molecule has 2 heterocycles. The second kappa shape index (κ2) is 8.33. The van der Waals surface area contributed by atoms with Gasteiger partial charge >= 0.3 is 0 Å². The van der Waals surface area contributed by atoms with Gasteiger partial charge in [-0.05, 0) is 30.0 Å². The van der Waals surface area contributed by atoms with Crippen molar-refractivity contribution in [3.05, 3.63) is 45.5 Å². The summed E-state index contributed by atoms with van der Waals surface area (Å²) in [5, 5.41) is 5.39. The van der Waals surface area contributed by atoms with Crippen LogP contribution < -0.4 is 14.8 Å². The Morgan fingerprint density at radius 1 is 1.19 bits per heavy atom. The summed E-state index contributed by atoms with van der Waals surface area (Å²) in [6.07, 6.45) is 1.88. The number of anilines is 1. The zero-order valence-electron chi connectivity index (χ0n) is 14.9. The average molecular weight is 389 g/mol. The smallest absolute Gasteiger partial charge is 0.267 e. The highest BCUT2D eigenvalue weighted by atomic mass is 32.1. The summed E-state index contributed by atoms with van der Waals surface area (Å²) in [5.74, 6) is 1.28. The number of carbonyl (C=O) groups excluding carboxylic acids is 1. The largest absolute Gasteiger partial charge is 0.497 e. The lowest BCUT2D eigenvalue weighted by molar-refractivity contribution is 0.103. The number of benzene rings is 1. The molecule has 136 valence electrons. The van der Waals surface area contributed by atoms with E-state index in [2.05, 4.69) is 17.2 Å². The first kappa shape index (κ1) is 18.4. The van der Waals surface area contributed by atoms with Crippen molar-refractivity contribution in [3.63, 3.8) is 0 Å². The Bertz CT molecular complexity index is 866. The van der Waals surface area contributed by atoms with Crippen LogP contribution in [-0.2, 0) is 6.42 Å². The summed E-state index contributed by atoms with van der Waals surface area (Å²) < 4.78 is 10.7. The summed E-state index contributed by atoms with van der Waals surface area (Å²) in [5.41, 5.74) is 1.77. The van der Waals surface area contributed by atoms with Gasteiger partial charge in [0.1, 0.15) is 11.5 Å². The van der Waals surface area contributed by atoms with Crippen molar-refractivity contribution in [1.29, 1.82) is 0 Å². The third-order valence-electron chi connectivity index (χ3n) is 3.76. The number of rotatable bonds is 7. The normalized spacial score (nSPS) is 10.6. The van der Waals surface area contributed by atoms with E-state index in [0.717, 1.165) is 29.0 Å². The van der Waals surface area contributed by atoms with E-state index in [9.17, 15) is 4.79 Å². The van der Waals surface area contributed by atoms with E-state index < -0.39 is 0 Å². The molecule has 1 N–H and O–H groups in total. The van der Waals surface area contributed by atoms with Crippen LogP contribution in [0.3, 0.4) is 0 Å². The van der Waals surface area contributed by atoms with Crippen LogP contribution in [0.5, 0.6) is 11.5 Å². The topological polar surface area (TPSA) is 60.5 Å². The van der Waals surface area contributed by atoms with Crippen molar-refractivity contribution >= 4 is 33.7 Å². The van der Waals surface area contributed by atoms with Gasteiger partial charge in [-0.2, -0.15) is 0 Å². The maximum Gasteiger partial charge on any atom is 0.267 e. The van der Waals surface area contributed by atoms with E-state index in [-0.39, 0.29) is 5.91 Å². The molecule has 7 heteroatoms. The van der Waals surface area contributed by atoms with E-state index in [1.165, 1.54) is 22.7 Å². The Hall–Kier alpha value is -2.38. The van der Waals surface area contributed by atoms with Gasteiger partial charge in [-0.1, -0.05) is 19.4 Å². The average Bonchev–Trinajstić information content (AvgIpc) is 3.32. The molecular weight excluding hydrogens is 368 g/mol. The molecule has 3 rings (SSSR count). The first-order valence-corrected chi connectivity index (χ1v) is 9.92. The van der Waals surface area contributed by atoms with Crippen LogP contribution >= 0.6 is 22.7 Å². The number of methoxy groups -OCH3 is 2. The monoisotopic (exact) mass is 388 g/mol. The molecule has 0 radical (unpaired) electrons. The lowest BCUT2D eigenvalue weighted by Crippen LogP contribution is -2.09. The standard InChI is InChI=1S/C19H20N2O3S2/c1-4-6-15-17(12-9-13(23-2)11-14(10-12)24-3)20-19(26-15)21-18(22)16-7-5-8-25-16/h5,7-11H,4,6H2,1-3H3,(H,20,21,22). The first-order chi connectivity index (χ1) is 12.6. The molecule has 1 aromatic carbocycles. The molecule has 0 fully saturated rings. The fourth-order valence-corrected chi connectivity index (χ4v) is 4.24. The molecule has 26 heavy (non-hydrogen) atoms. The molecule has 0 saturated carbocycles. The zero-order chi connectivity index (χ0) is 18.5. The molecule has 0 aliphatic carbocycles. The van der Waals surface area contributed by atoms with Crippen LogP contribution in [-0.4, -0.2) is 25.1 Å². The van der Waals surface area contributed by atoms with Crippen molar-refractivity contribution < 1.29 is 14.3 Å². The Labute approximate surface area is 160 Å². The minimum Gasteiger partial charge on any atom is -0.497 e. The van der Waals surface area contributed by atoms with Crippen molar-refractivity contribution in [2.45, 2.75) is 19.8 Å². The van der Waals surface area contributed by atoms with Crippen LogP contribution in [0.25, 0.3) is 11.3 Å². The van der Waals surface area contributed by atoms with E-state index >= 15 is 0 Å². The number of thiazole rings is 1. The summed E-state index contributed by atoms with van der Waals surface area (Å²) in [6, 6.07) is 9.35. The summed E-state index contributed by atoms with van der Waals surface area (Å²) in [7, 11) is 3.25. The second-order valence-corrected chi connectivity index (χ2v) is 7.60. The molecule has 1 amide bonds. The van der Waals surface area contributed by atoms with Gasteiger partial charge in [0.2, 0.25) is 0 Å². The zero-order valence-corrected chi connectivity index (χ0v) is 16.5. The number of nitrogens with zero attached hydrogens (tertiary/aromatic N) is 1. The number of hydrogen-bond donors (Lipinski definition) is 1. The summed E-state index contributed by atoms with van der Waals surface area (Å²) in [4.78, 5) is 18.8. The molecule has 0 saturated heterocycles. The summed E-state index contributed by atoms with van der Waals surface area (Å²) in [6.45, 7) is 2.12. The third kappa shape index (κ3) is 4.05. The van der Waals surface area contributed by atoms with Crippen molar-refractivity contribution in [3.8, 4) is 22.8 Å². The number of ether oxygens (including phenoxy) is 2. The van der Waals surface area contributed by atoms with Gasteiger partial charge in [0, 0.05) is 16.5 Å². The lowest BCUT2D eigenvalue weighted by atomic mass is 10.1. The lowest BCUT2D eigenvalue weighted by Gasteiger charge is -2.08. The van der Waals surface area contributed by atoms with Crippen LogP contribution in [0, 0.1) is 0 Å². The third-order valence-corrected chi connectivity index (χ3v) is 5.66. The fourth-order valence-electron chi connectivity index (χ4n) is 2.54. The van der Waals surface area contributed by atoms with Crippen LogP contribution in [0.2, 0.25) is 0 Å². The Balaban J connectivity index is 1.96. The van der Waals surface area contributed by atoms with Gasteiger partial charge < -0.3 is 9.47 Å². The van der Waals surface area contributed by atoms with E-state index in [1.807, 2.05) is 29.6 Å². The van der Waals surface area contributed by atoms with E-state index in [4.69, 9.17) is 9.47 Å². The predicted molar refractivity (Wildman–Crippen MR) is 107 cm³/mol. The number of aryl methyl sites for hydroxylation is 1. The molecular formula is C19H20N2O3S2. The minimum absolute atomic E-state index is 0.133. The van der Waals surface area contributed by atoms with Gasteiger partial charge in [0.25, 0.3) is 5.91 Å². The first-order valence-electron chi connectivity index (χ1n) is 8.22. The van der Waals surface area contributed by atoms with Crippen molar-refractivity contribution in [1.82, 2.24) is 4.98 Å². The quantitative estimate of drug-likeness (QED) is 0.612. The maximum absolute atomic E-state index is 12.3. The number of carbonyl (C=O) groups is 1. The van der Waals surface area contributed by atoms with Gasteiger partial charge in [0.15, 0.2) is 5.13 Å². The highest BCUT2D eigenvalue weighted by Crippen LogP contribution is 2.36. The second-order valence-electron chi connectivity index (χ2n) is 5.57. The molecule has 0 unspecified atom stereocenters. The predicted octanol–water partition coefficient (Wildman–Crippen LogP) is 5.09. The highest BCUT2D eigenvalue weighted by Gasteiger charge is 2.17. The number of aromatic nitrogens is 1. The van der Waals surface area contributed by atoms with Gasteiger partial charge in [-0.15, -0.1) is 22.7 Å². The maximum atomic E-state index is 12.3. The van der Waals surface area contributed by atoms with Gasteiger partial charge in [-0.25, -0.2) is 4.98 Å². The molecule has 5 nitrogen and oxygen atoms in total. The number of hydrogen-bond acceptors (Lipinski definition) is 6. The van der Waals surface area contributed by atoms with Gasteiger partial charge in [0.05, 0.1) is 24.8 Å². The molecule has 0 aliphatic rings. The Morgan fingerprint density at radius 3 is 2.50 bits per heavy atom. The van der Waals surface area contributed by atoms with Crippen LogP contribution in [0.4, 0.5) is 5.13 Å². The fraction of sp³-hybridized carbons (Fsp3) is 0.263. The molecule has 3 aromatic rings. The highest BCUT2D eigenvalue weighted by molar-refractivity contribution is 7.16. The number of thiophene rings is 1. The van der Waals surface area contributed by atoms with Gasteiger partial charge in [-0.3, -0.25) is 10.1 Å². The van der Waals surface area contributed by atoms with Crippen molar-refractivity contribution in [2.75, 3.05) is 19.5 Å².